The van der Waals surface area contributed by atoms with Crippen molar-refractivity contribution in [2.45, 2.75) is 51.2 Å². The topological polar surface area (TPSA) is 30.5 Å². The molecule has 0 aromatic heterocycles. The highest BCUT2D eigenvalue weighted by atomic mass is 79.9. The number of hydrogen-bond donors (Lipinski definition) is 1. The first-order chi connectivity index (χ1) is 10.1. The maximum absolute atomic E-state index is 6.06. The molecule has 1 aromatic carbocycles. The van der Waals surface area contributed by atoms with Crippen molar-refractivity contribution in [3.05, 3.63) is 28.2 Å². The first kappa shape index (κ1) is 16.8. The average Bonchev–Trinajstić information content (AvgIpc) is 2.93. The molecule has 3 nitrogen and oxygen atoms in total. The van der Waals surface area contributed by atoms with Gasteiger partial charge in [-0.3, -0.25) is 0 Å². The van der Waals surface area contributed by atoms with Crippen molar-refractivity contribution >= 4 is 15.9 Å². The fourth-order valence-electron chi connectivity index (χ4n) is 2.95. The monoisotopic (exact) mass is 355 g/mol. The van der Waals surface area contributed by atoms with Crippen LogP contribution in [0.25, 0.3) is 0 Å². The number of rotatable bonds is 7. The summed E-state index contributed by atoms with van der Waals surface area (Å²) < 4.78 is 12.5. The number of hydrogen-bond acceptors (Lipinski definition) is 3. The summed E-state index contributed by atoms with van der Waals surface area (Å²) in [5.41, 5.74) is 1.19. The Morgan fingerprint density at radius 1 is 1.48 bits per heavy atom. The van der Waals surface area contributed by atoms with Gasteiger partial charge in [-0.1, -0.05) is 22.9 Å². The van der Waals surface area contributed by atoms with E-state index in [-0.39, 0.29) is 5.60 Å². The first-order valence-corrected chi connectivity index (χ1v) is 8.58. The van der Waals surface area contributed by atoms with Crippen molar-refractivity contribution in [3.63, 3.8) is 0 Å². The van der Waals surface area contributed by atoms with Gasteiger partial charge < -0.3 is 14.8 Å². The quantitative estimate of drug-likeness (QED) is 0.803. The van der Waals surface area contributed by atoms with Crippen LogP contribution in [0.4, 0.5) is 0 Å². The van der Waals surface area contributed by atoms with Gasteiger partial charge in [-0.15, -0.1) is 0 Å². The molecule has 1 heterocycles. The molecule has 0 spiro atoms. The summed E-state index contributed by atoms with van der Waals surface area (Å²) in [4.78, 5) is 0. The van der Waals surface area contributed by atoms with E-state index in [1.807, 2.05) is 6.07 Å². The predicted octanol–water partition coefficient (Wildman–Crippen LogP) is 3.94. The Bertz CT molecular complexity index is 458. The summed E-state index contributed by atoms with van der Waals surface area (Å²) in [6, 6.07) is 6.48. The maximum atomic E-state index is 6.06. The summed E-state index contributed by atoms with van der Waals surface area (Å²) in [5, 5.41) is 3.68. The van der Waals surface area contributed by atoms with Crippen LogP contribution < -0.4 is 10.1 Å². The van der Waals surface area contributed by atoms with E-state index in [4.69, 9.17) is 9.47 Å². The lowest BCUT2D eigenvalue weighted by Crippen LogP contribution is -2.50. The minimum absolute atomic E-state index is 0.0717. The van der Waals surface area contributed by atoms with Crippen LogP contribution in [0, 0.1) is 0 Å². The molecule has 2 unspecified atom stereocenters. The van der Waals surface area contributed by atoms with E-state index in [1.165, 1.54) is 5.56 Å². The van der Waals surface area contributed by atoms with Gasteiger partial charge in [-0.05, 0) is 62.9 Å². The van der Waals surface area contributed by atoms with Crippen LogP contribution in [-0.4, -0.2) is 31.9 Å². The van der Waals surface area contributed by atoms with E-state index in [0.717, 1.165) is 49.1 Å². The second-order valence-corrected chi connectivity index (χ2v) is 6.79. The molecule has 0 saturated carbocycles. The van der Waals surface area contributed by atoms with Crippen LogP contribution in [0.2, 0.25) is 0 Å². The fraction of sp³-hybridized carbons (Fsp3) is 0.647. The molecular weight excluding hydrogens is 330 g/mol. The summed E-state index contributed by atoms with van der Waals surface area (Å²) in [7, 11) is 1.71. The second kappa shape index (κ2) is 7.61. The van der Waals surface area contributed by atoms with Crippen LogP contribution in [0.3, 0.4) is 0 Å². The van der Waals surface area contributed by atoms with Crippen molar-refractivity contribution in [1.82, 2.24) is 5.32 Å². The molecule has 1 aliphatic heterocycles. The smallest absolute Gasteiger partial charge is 0.119 e. The zero-order valence-electron chi connectivity index (χ0n) is 13.2. The van der Waals surface area contributed by atoms with Crippen LogP contribution in [0.15, 0.2) is 22.7 Å². The van der Waals surface area contributed by atoms with Gasteiger partial charge >= 0.3 is 0 Å². The highest BCUT2D eigenvalue weighted by molar-refractivity contribution is 9.10. The summed E-state index contributed by atoms with van der Waals surface area (Å²) in [5.74, 6) is 0.903. The van der Waals surface area contributed by atoms with Gasteiger partial charge in [0.05, 0.1) is 12.7 Å². The normalized spacial score (nSPS) is 23.2. The van der Waals surface area contributed by atoms with Gasteiger partial charge in [0.25, 0.3) is 0 Å². The van der Waals surface area contributed by atoms with Crippen LogP contribution in [-0.2, 0) is 11.2 Å². The predicted molar refractivity (Wildman–Crippen MR) is 90.1 cm³/mol. The molecule has 1 aliphatic rings. The lowest BCUT2D eigenvalue weighted by Gasteiger charge is -2.34. The molecule has 4 heteroatoms. The van der Waals surface area contributed by atoms with Gasteiger partial charge in [-0.25, -0.2) is 0 Å². The Hall–Kier alpha value is -0.580. The Kier molecular flexibility index (Phi) is 6.08. The molecule has 1 fully saturated rings. The molecule has 1 saturated heterocycles. The standard InChI is InChI=1S/C17H26BrNO2/c1-4-9-19-16(17(2)8-5-10-21-17)12-13-11-14(20-3)6-7-15(13)18/h6-7,11,16,19H,4-5,8-10,12H2,1-3H3. The third kappa shape index (κ3) is 4.21. The molecule has 0 bridgehead atoms. The molecule has 118 valence electrons. The van der Waals surface area contributed by atoms with Crippen molar-refractivity contribution in [1.29, 1.82) is 0 Å². The Balaban J connectivity index is 2.18. The van der Waals surface area contributed by atoms with Crippen molar-refractivity contribution < 1.29 is 9.47 Å². The summed E-state index contributed by atoms with van der Waals surface area (Å²) >= 11 is 3.66. The first-order valence-electron chi connectivity index (χ1n) is 7.79. The lowest BCUT2D eigenvalue weighted by molar-refractivity contribution is -0.0114. The molecule has 0 aliphatic carbocycles. The number of methoxy groups -OCH3 is 1. The van der Waals surface area contributed by atoms with E-state index in [1.54, 1.807) is 7.11 Å². The number of benzene rings is 1. The van der Waals surface area contributed by atoms with E-state index < -0.39 is 0 Å². The van der Waals surface area contributed by atoms with Crippen LogP contribution in [0.1, 0.15) is 38.7 Å². The van der Waals surface area contributed by atoms with Crippen molar-refractivity contribution in [2.24, 2.45) is 0 Å². The van der Waals surface area contributed by atoms with E-state index in [9.17, 15) is 0 Å². The van der Waals surface area contributed by atoms with Crippen LogP contribution in [0.5, 0.6) is 5.75 Å². The van der Waals surface area contributed by atoms with Gasteiger partial charge in [0, 0.05) is 17.1 Å². The minimum atomic E-state index is -0.0717. The van der Waals surface area contributed by atoms with Gasteiger partial charge in [0.1, 0.15) is 5.75 Å². The highest BCUT2D eigenvalue weighted by Crippen LogP contribution is 2.32. The second-order valence-electron chi connectivity index (χ2n) is 5.93. The SMILES string of the molecule is CCCNC(Cc1cc(OC)ccc1Br)C1(C)CCCO1. The van der Waals surface area contributed by atoms with E-state index in [0.29, 0.717) is 6.04 Å². The van der Waals surface area contributed by atoms with Gasteiger partial charge in [-0.2, -0.15) is 0 Å². The maximum Gasteiger partial charge on any atom is 0.119 e. The Morgan fingerprint density at radius 3 is 2.90 bits per heavy atom. The van der Waals surface area contributed by atoms with Crippen LogP contribution >= 0.6 is 15.9 Å². The largest absolute Gasteiger partial charge is 0.497 e. The molecule has 21 heavy (non-hydrogen) atoms. The third-order valence-electron chi connectivity index (χ3n) is 4.30. The van der Waals surface area contributed by atoms with E-state index >= 15 is 0 Å². The fourth-order valence-corrected chi connectivity index (χ4v) is 3.36. The average molecular weight is 356 g/mol. The third-order valence-corrected chi connectivity index (χ3v) is 5.08. The zero-order valence-corrected chi connectivity index (χ0v) is 14.8. The van der Waals surface area contributed by atoms with Crippen molar-refractivity contribution in [3.8, 4) is 5.75 Å². The molecule has 2 atom stereocenters. The molecule has 1 N–H and O–H groups in total. The number of nitrogens with one attached hydrogen (secondary N) is 1. The van der Waals surface area contributed by atoms with E-state index in [2.05, 4.69) is 47.2 Å². The molecule has 1 aromatic rings. The number of halogens is 1. The summed E-state index contributed by atoms with van der Waals surface area (Å²) in [6.07, 6.45) is 4.34. The Morgan fingerprint density at radius 2 is 2.29 bits per heavy atom. The lowest BCUT2D eigenvalue weighted by atomic mass is 9.88. The highest BCUT2D eigenvalue weighted by Gasteiger charge is 2.38. The summed E-state index contributed by atoms with van der Waals surface area (Å²) in [6.45, 7) is 6.33. The van der Waals surface area contributed by atoms with Gasteiger partial charge in [0.2, 0.25) is 0 Å². The number of ether oxygens (including phenoxy) is 2. The molecule has 2 rings (SSSR count). The minimum Gasteiger partial charge on any atom is -0.497 e. The molecule has 0 amide bonds. The zero-order chi connectivity index (χ0) is 15.3. The Labute approximate surface area is 136 Å². The molecular formula is C17H26BrNO2. The molecule has 0 radical (unpaired) electrons. The van der Waals surface area contributed by atoms with Crippen molar-refractivity contribution in [2.75, 3.05) is 20.3 Å². The van der Waals surface area contributed by atoms with Gasteiger partial charge in [0.15, 0.2) is 0 Å².